The van der Waals surface area contributed by atoms with Crippen LogP contribution in [0.25, 0.3) is 10.2 Å². The summed E-state index contributed by atoms with van der Waals surface area (Å²) in [5.41, 5.74) is 2.66. The van der Waals surface area contributed by atoms with Gasteiger partial charge in [0.1, 0.15) is 0 Å². The highest BCUT2D eigenvalue weighted by Gasteiger charge is 2.28. The average molecular weight is 401 g/mol. The molecule has 4 rings (SSSR count). The molecule has 3 aromatic rings. The van der Waals surface area contributed by atoms with Gasteiger partial charge >= 0.3 is 0 Å². The van der Waals surface area contributed by atoms with Crippen molar-refractivity contribution in [2.24, 2.45) is 0 Å². The van der Waals surface area contributed by atoms with Crippen molar-refractivity contribution in [2.75, 3.05) is 18.1 Å². The molecule has 2 heterocycles. The van der Waals surface area contributed by atoms with E-state index in [9.17, 15) is 4.79 Å². The predicted molar refractivity (Wildman–Crippen MR) is 111 cm³/mol. The smallest absolute Gasteiger partial charge is 0.261 e. The number of nitrogens with zero attached hydrogens (tertiary/aromatic N) is 2. The highest BCUT2D eigenvalue weighted by atomic mass is 35.5. The maximum Gasteiger partial charge on any atom is 0.261 e. The van der Waals surface area contributed by atoms with E-state index >= 15 is 0 Å². The third kappa shape index (κ3) is 3.72. The number of rotatable bonds is 5. The summed E-state index contributed by atoms with van der Waals surface area (Å²) in [5.74, 6) is -0.131. The largest absolute Gasteiger partial charge is 0.376 e. The predicted octanol–water partition coefficient (Wildman–Crippen LogP) is 5.34. The van der Waals surface area contributed by atoms with E-state index in [2.05, 4.69) is 19.1 Å². The Bertz CT molecular complexity index is 966. The number of carbonyl (C=O) groups is 1. The molecule has 0 spiro atoms. The minimum atomic E-state index is -0.131. The summed E-state index contributed by atoms with van der Waals surface area (Å²) in [7, 11) is 0. The highest BCUT2D eigenvalue weighted by Crippen LogP contribution is 2.33. The lowest BCUT2D eigenvalue weighted by Gasteiger charge is -2.23. The van der Waals surface area contributed by atoms with Crippen LogP contribution in [0.15, 0.2) is 42.5 Å². The maximum atomic E-state index is 13.3. The molecular weight excluding hydrogens is 380 g/mol. The summed E-state index contributed by atoms with van der Waals surface area (Å²) in [6.07, 6.45) is 2.93. The van der Waals surface area contributed by atoms with Crippen molar-refractivity contribution in [3.63, 3.8) is 0 Å². The first kappa shape index (κ1) is 18.4. The Balaban J connectivity index is 1.75. The molecule has 1 aromatic heterocycles. The molecule has 0 radical (unpaired) electrons. The molecule has 140 valence electrons. The second-order valence-corrected chi connectivity index (χ2v) is 8.06. The average Bonchev–Trinajstić information content (AvgIpc) is 3.35. The summed E-state index contributed by atoms with van der Waals surface area (Å²) in [5, 5.41) is 1.15. The topological polar surface area (TPSA) is 42.4 Å². The molecule has 2 aromatic carbocycles. The van der Waals surface area contributed by atoms with Gasteiger partial charge in [0, 0.05) is 6.61 Å². The van der Waals surface area contributed by atoms with Crippen LogP contribution < -0.4 is 4.90 Å². The third-order valence-corrected chi connectivity index (χ3v) is 6.24. The highest BCUT2D eigenvalue weighted by molar-refractivity contribution is 7.22. The van der Waals surface area contributed by atoms with Crippen molar-refractivity contribution < 1.29 is 9.53 Å². The molecule has 1 amide bonds. The number of thiazole rings is 1. The number of amides is 1. The van der Waals surface area contributed by atoms with Crippen molar-refractivity contribution in [3.05, 3.63) is 58.6 Å². The molecule has 1 unspecified atom stereocenters. The van der Waals surface area contributed by atoms with Crippen LogP contribution >= 0.6 is 22.9 Å². The zero-order valence-electron chi connectivity index (χ0n) is 15.2. The van der Waals surface area contributed by atoms with Crippen LogP contribution in [-0.4, -0.2) is 30.1 Å². The van der Waals surface area contributed by atoms with Gasteiger partial charge in [0.25, 0.3) is 5.91 Å². The molecule has 0 saturated carbocycles. The number of halogens is 1. The van der Waals surface area contributed by atoms with Gasteiger partial charge in [0.05, 0.1) is 33.5 Å². The van der Waals surface area contributed by atoms with Gasteiger partial charge in [0.15, 0.2) is 5.13 Å². The number of hydrogen-bond donors (Lipinski definition) is 0. The van der Waals surface area contributed by atoms with Crippen molar-refractivity contribution in [1.82, 2.24) is 4.98 Å². The zero-order valence-corrected chi connectivity index (χ0v) is 16.7. The Morgan fingerprint density at radius 3 is 2.89 bits per heavy atom. The van der Waals surface area contributed by atoms with Crippen LogP contribution in [0.1, 0.15) is 35.7 Å². The SMILES string of the molecule is CCc1cccc2sc(N(CC3CCCO3)C(=O)c3ccccc3Cl)nc12. The molecule has 1 aliphatic heterocycles. The van der Waals surface area contributed by atoms with Gasteiger partial charge in [-0.15, -0.1) is 0 Å². The molecule has 0 bridgehead atoms. The molecule has 1 saturated heterocycles. The molecular formula is C21H21ClN2O2S. The third-order valence-electron chi connectivity index (χ3n) is 4.86. The fourth-order valence-corrected chi connectivity index (χ4v) is 4.65. The molecule has 6 heteroatoms. The number of hydrogen-bond acceptors (Lipinski definition) is 4. The minimum absolute atomic E-state index is 0.0362. The van der Waals surface area contributed by atoms with Gasteiger partial charge < -0.3 is 4.74 Å². The van der Waals surface area contributed by atoms with E-state index in [0.717, 1.165) is 36.1 Å². The Morgan fingerprint density at radius 1 is 1.30 bits per heavy atom. The Kier molecular flexibility index (Phi) is 5.43. The molecule has 0 aliphatic carbocycles. The first-order chi connectivity index (χ1) is 13.2. The fourth-order valence-electron chi connectivity index (χ4n) is 3.41. The van der Waals surface area contributed by atoms with Gasteiger partial charge in [-0.1, -0.05) is 54.1 Å². The number of carbonyl (C=O) groups excluding carboxylic acids is 1. The van der Waals surface area contributed by atoms with Crippen LogP contribution in [0.2, 0.25) is 5.02 Å². The number of aromatic nitrogens is 1. The molecule has 1 fully saturated rings. The van der Waals surface area contributed by atoms with E-state index in [-0.39, 0.29) is 12.0 Å². The first-order valence-electron chi connectivity index (χ1n) is 9.23. The van der Waals surface area contributed by atoms with Crippen molar-refractivity contribution in [2.45, 2.75) is 32.3 Å². The second kappa shape index (κ2) is 7.97. The fraction of sp³-hybridized carbons (Fsp3) is 0.333. The van der Waals surface area contributed by atoms with Gasteiger partial charge in [-0.05, 0) is 43.0 Å². The molecule has 0 N–H and O–H groups in total. The van der Waals surface area contributed by atoms with Crippen LogP contribution in [0.5, 0.6) is 0 Å². The van der Waals surface area contributed by atoms with Gasteiger partial charge in [0.2, 0.25) is 0 Å². The lowest BCUT2D eigenvalue weighted by Crippen LogP contribution is -2.37. The normalized spacial score (nSPS) is 16.7. The lowest BCUT2D eigenvalue weighted by molar-refractivity contribution is 0.0917. The molecule has 27 heavy (non-hydrogen) atoms. The van der Waals surface area contributed by atoms with Crippen molar-refractivity contribution in [3.8, 4) is 0 Å². The van der Waals surface area contributed by atoms with E-state index in [1.165, 1.54) is 5.56 Å². The number of fused-ring (bicyclic) bond motifs is 1. The monoisotopic (exact) mass is 400 g/mol. The molecule has 1 aliphatic rings. The van der Waals surface area contributed by atoms with E-state index in [0.29, 0.717) is 22.3 Å². The van der Waals surface area contributed by atoms with E-state index in [1.54, 1.807) is 28.4 Å². The van der Waals surface area contributed by atoms with Crippen LogP contribution in [-0.2, 0) is 11.2 Å². The van der Waals surface area contributed by atoms with E-state index in [4.69, 9.17) is 21.3 Å². The lowest BCUT2D eigenvalue weighted by atomic mass is 10.1. The van der Waals surface area contributed by atoms with Gasteiger partial charge in [-0.3, -0.25) is 9.69 Å². The van der Waals surface area contributed by atoms with Gasteiger partial charge in [-0.25, -0.2) is 4.98 Å². The number of anilines is 1. The Hall–Kier alpha value is -1.95. The van der Waals surface area contributed by atoms with Gasteiger partial charge in [-0.2, -0.15) is 0 Å². The summed E-state index contributed by atoms with van der Waals surface area (Å²) >= 11 is 7.84. The number of aryl methyl sites for hydroxylation is 1. The first-order valence-corrected chi connectivity index (χ1v) is 10.4. The number of para-hydroxylation sites is 1. The van der Waals surface area contributed by atoms with E-state index in [1.807, 2.05) is 18.2 Å². The van der Waals surface area contributed by atoms with Crippen LogP contribution in [0.3, 0.4) is 0 Å². The Morgan fingerprint density at radius 2 is 2.15 bits per heavy atom. The van der Waals surface area contributed by atoms with E-state index < -0.39 is 0 Å². The second-order valence-electron chi connectivity index (χ2n) is 6.64. The maximum absolute atomic E-state index is 13.3. The standard InChI is InChI=1S/C21H21ClN2O2S/c1-2-14-7-5-11-18-19(14)23-21(27-18)24(13-15-8-6-12-26-15)20(25)16-9-3-4-10-17(16)22/h3-5,7,9-11,15H,2,6,8,12-13H2,1H3. The van der Waals surface area contributed by atoms with Crippen LogP contribution in [0.4, 0.5) is 5.13 Å². The summed E-state index contributed by atoms with van der Waals surface area (Å²) in [6, 6.07) is 13.4. The number of benzene rings is 2. The van der Waals surface area contributed by atoms with Crippen molar-refractivity contribution >= 4 is 44.2 Å². The van der Waals surface area contributed by atoms with Crippen molar-refractivity contribution in [1.29, 1.82) is 0 Å². The summed E-state index contributed by atoms with van der Waals surface area (Å²) in [4.78, 5) is 19.9. The summed E-state index contributed by atoms with van der Waals surface area (Å²) in [6.45, 7) is 3.36. The van der Waals surface area contributed by atoms with Crippen LogP contribution in [0, 0.1) is 0 Å². The Labute approximate surface area is 167 Å². The number of ether oxygens (including phenoxy) is 1. The minimum Gasteiger partial charge on any atom is -0.376 e. The zero-order chi connectivity index (χ0) is 18.8. The molecule has 4 nitrogen and oxygen atoms in total. The summed E-state index contributed by atoms with van der Waals surface area (Å²) < 4.78 is 6.88. The molecule has 1 atom stereocenters. The quantitative estimate of drug-likeness (QED) is 0.580.